The summed E-state index contributed by atoms with van der Waals surface area (Å²) in [7, 11) is 2.55. The van der Waals surface area contributed by atoms with Gasteiger partial charge in [-0.2, -0.15) is 0 Å². The van der Waals surface area contributed by atoms with Gasteiger partial charge in [0.1, 0.15) is 5.76 Å². The summed E-state index contributed by atoms with van der Waals surface area (Å²) in [5.41, 5.74) is 2.39. The van der Waals surface area contributed by atoms with Crippen LogP contribution in [0.5, 0.6) is 0 Å². The van der Waals surface area contributed by atoms with E-state index in [-0.39, 0.29) is 16.5 Å². The maximum Gasteiger partial charge on any atom is 0.337 e. The predicted octanol–water partition coefficient (Wildman–Crippen LogP) is 5.99. The molecule has 1 saturated heterocycles. The van der Waals surface area contributed by atoms with Crippen LogP contribution in [-0.2, 0) is 19.2 Å². The largest absolute Gasteiger partial charge is 0.507 e. The maximum absolute atomic E-state index is 13.5. The monoisotopic (exact) mass is 602 g/mol. The molecule has 0 bridgehead atoms. The van der Waals surface area contributed by atoms with E-state index in [1.165, 1.54) is 54.4 Å². The second kappa shape index (κ2) is 12.0. The smallest absolute Gasteiger partial charge is 0.337 e. The van der Waals surface area contributed by atoms with Crippen LogP contribution < -0.4 is 4.90 Å². The molecule has 0 spiro atoms. The second-order valence-electron chi connectivity index (χ2n) is 9.15. The van der Waals surface area contributed by atoms with Crippen molar-refractivity contribution in [2.45, 2.75) is 22.1 Å². The molecule has 0 radical (unpaired) electrons. The Hall–Kier alpha value is -4.81. The number of benzene rings is 3. The molecule has 1 amide bonds. The number of aliphatic hydroxyl groups excluding tert-OH is 1. The number of aliphatic hydroxyl groups is 1. The van der Waals surface area contributed by atoms with E-state index in [1.54, 1.807) is 66.9 Å². The fourth-order valence-corrected chi connectivity index (χ4v) is 6.36. The number of carbonyl (C=O) groups excluding carboxylic acids is 3. The number of aromatic nitrogens is 1. The standard InChI is InChI=1S/C30H23N3O7S2/c1-17-4-6-19(7-5-17)26(34)24-25(18-8-10-20(11-9-18)29(37)39-2)32(28(36)27(24)35)30-31-16-23(42-30)41-22-14-12-21(13-15-22)33(38)40-3/h4-16,25H,1-3H3/p+1. The molecule has 2 heterocycles. The molecule has 10 nitrogen and oxygen atoms in total. The van der Waals surface area contributed by atoms with Gasteiger partial charge in [-0.05, 0) is 36.8 Å². The van der Waals surface area contributed by atoms with Crippen molar-refractivity contribution < 1.29 is 34.0 Å². The summed E-state index contributed by atoms with van der Waals surface area (Å²) in [5, 5.41) is 11.6. The van der Waals surface area contributed by atoms with Gasteiger partial charge < -0.3 is 9.84 Å². The third kappa shape index (κ3) is 5.54. The number of thiazole rings is 1. The van der Waals surface area contributed by atoms with Crippen LogP contribution >= 0.6 is 23.1 Å². The Labute approximate surface area is 248 Å². The highest BCUT2D eigenvalue weighted by Gasteiger charge is 2.48. The van der Waals surface area contributed by atoms with Crippen LogP contribution in [0.2, 0.25) is 0 Å². The molecular weight excluding hydrogens is 578 g/mol. The van der Waals surface area contributed by atoms with E-state index in [0.717, 1.165) is 14.7 Å². The topological polar surface area (TPSA) is 126 Å². The van der Waals surface area contributed by atoms with Crippen LogP contribution in [0.25, 0.3) is 5.76 Å². The molecule has 3 aromatic carbocycles. The third-order valence-electron chi connectivity index (χ3n) is 6.53. The second-order valence-corrected chi connectivity index (χ2v) is 11.5. The number of rotatable bonds is 8. The van der Waals surface area contributed by atoms with Crippen molar-refractivity contribution in [3.8, 4) is 0 Å². The van der Waals surface area contributed by atoms with Gasteiger partial charge in [-0.15, -0.1) is 0 Å². The minimum absolute atomic E-state index is 0.0880. The van der Waals surface area contributed by atoms with Gasteiger partial charge in [-0.25, -0.2) is 14.6 Å². The zero-order chi connectivity index (χ0) is 30.0. The number of amides is 1. The van der Waals surface area contributed by atoms with Gasteiger partial charge in [-0.3, -0.25) is 14.5 Å². The van der Waals surface area contributed by atoms with E-state index in [2.05, 4.69) is 9.82 Å². The quantitative estimate of drug-likeness (QED) is 0.0851. The SMILES string of the molecule is COC(=O)c1ccc(C2/C(=C(\O)c3ccc(C)cc3)C(=O)C(=O)N2c2ncc(Sc3ccc([N+](=O)OC)cc3)s2)cc1. The molecule has 1 aliphatic heterocycles. The fourth-order valence-electron chi connectivity index (χ4n) is 4.40. The highest BCUT2D eigenvalue weighted by atomic mass is 32.2. The first kappa shape index (κ1) is 28.7. The van der Waals surface area contributed by atoms with E-state index in [4.69, 9.17) is 4.74 Å². The summed E-state index contributed by atoms with van der Waals surface area (Å²) in [6, 6.07) is 19.0. The summed E-state index contributed by atoms with van der Waals surface area (Å²) >= 11 is 2.56. The zero-order valence-electron chi connectivity index (χ0n) is 22.6. The molecule has 42 heavy (non-hydrogen) atoms. The number of aryl methyl sites for hydroxylation is 1. The Morgan fingerprint density at radius 2 is 1.62 bits per heavy atom. The maximum atomic E-state index is 13.5. The minimum atomic E-state index is -1.00. The van der Waals surface area contributed by atoms with Crippen LogP contribution in [0.4, 0.5) is 10.8 Å². The van der Waals surface area contributed by atoms with E-state index in [0.29, 0.717) is 27.3 Å². The van der Waals surface area contributed by atoms with E-state index >= 15 is 0 Å². The Morgan fingerprint density at radius 3 is 2.24 bits per heavy atom. The Morgan fingerprint density at radius 1 is 0.976 bits per heavy atom. The lowest BCUT2D eigenvalue weighted by Gasteiger charge is -2.23. The van der Waals surface area contributed by atoms with Crippen molar-refractivity contribution in [3.63, 3.8) is 0 Å². The van der Waals surface area contributed by atoms with Crippen LogP contribution in [0.1, 0.15) is 33.1 Å². The van der Waals surface area contributed by atoms with Gasteiger partial charge in [0.15, 0.2) is 12.2 Å². The van der Waals surface area contributed by atoms with E-state index in [1.807, 2.05) is 6.92 Å². The molecule has 12 heteroatoms. The molecule has 0 saturated carbocycles. The number of carbonyl (C=O) groups is 3. The number of hydrogen-bond acceptors (Lipinski definition) is 10. The predicted molar refractivity (Wildman–Crippen MR) is 157 cm³/mol. The first-order valence-corrected chi connectivity index (χ1v) is 14.2. The normalized spacial score (nSPS) is 16.0. The number of ketones is 1. The molecule has 1 fully saturated rings. The van der Waals surface area contributed by atoms with Crippen molar-refractivity contribution in [2.24, 2.45) is 0 Å². The van der Waals surface area contributed by atoms with Crippen LogP contribution in [0.3, 0.4) is 0 Å². The fraction of sp³-hybridized carbons (Fsp3) is 0.133. The summed E-state index contributed by atoms with van der Waals surface area (Å²) in [4.78, 5) is 62.2. The van der Waals surface area contributed by atoms with Crippen molar-refractivity contribution >= 4 is 57.3 Å². The van der Waals surface area contributed by atoms with Gasteiger partial charge in [0, 0.05) is 22.6 Å². The highest BCUT2D eigenvalue weighted by Crippen LogP contribution is 2.45. The first-order valence-electron chi connectivity index (χ1n) is 12.5. The van der Waals surface area contributed by atoms with Crippen molar-refractivity contribution in [1.29, 1.82) is 0 Å². The number of ether oxygens (including phenoxy) is 1. The number of esters is 1. The van der Waals surface area contributed by atoms with Crippen molar-refractivity contribution in [1.82, 2.24) is 4.98 Å². The molecule has 1 aromatic heterocycles. The van der Waals surface area contributed by atoms with Gasteiger partial charge in [0.05, 0.1) is 39.6 Å². The Bertz CT molecular complexity index is 1710. The molecular formula is C30H24N3O7S2+. The molecule has 4 aromatic rings. The third-order valence-corrected chi connectivity index (χ3v) is 8.63. The van der Waals surface area contributed by atoms with Crippen LogP contribution in [0, 0.1) is 11.8 Å². The average molecular weight is 603 g/mol. The van der Waals surface area contributed by atoms with Crippen LogP contribution in [0.15, 0.2) is 93.7 Å². The van der Waals surface area contributed by atoms with Gasteiger partial charge in [-0.1, -0.05) is 65.1 Å². The lowest BCUT2D eigenvalue weighted by molar-refractivity contribution is -0.736. The summed E-state index contributed by atoms with van der Waals surface area (Å²) in [6.45, 7) is 1.90. The van der Waals surface area contributed by atoms with Gasteiger partial charge in [0.2, 0.25) is 0 Å². The van der Waals surface area contributed by atoms with Crippen molar-refractivity contribution in [2.75, 3.05) is 19.1 Å². The van der Waals surface area contributed by atoms with Gasteiger partial charge >= 0.3 is 17.6 Å². The van der Waals surface area contributed by atoms with E-state index in [9.17, 15) is 24.4 Å². The average Bonchev–Trinajstić information content (AvgIpc) is 3.58. The summed E-state index contributed by atoms with van der Waals surface area (Å²) in [6.07, 6.45) is 1.59. The highest BCUT2D eigenvalue weighted by molar-refractivity contribution is 8.01. The lowest BCUT2D eigenvalue weighted by Crippen LogP contribution is -2.29. The lowest BCUT2D eigenvalue weighted by atomic mass is 9.94. The van der Waals surface area contributed by atoms with E-state index < -0.39 is 23.7 Å². The van der Waals surface area contributed by atoms with Crippen molar-refractivity contribution in [3.05, 3.63) is 112 Å². The number of Topliss-reactive ketones (excluding diaryl/α,β-unsaturated/α-hetero) is 1. The number of methoxy groups -OCH3 is 1. The zero-order valence-corrected chi connectivity index (χ0v) is 24.3. The summed E-state index contributed by atoms with van der Waals surface area (Å²) < 4.78 is 5.51. The molecule has 1 unspecified atom stereocenters. The first-order chi connectivity index (χ1) is 20.2. The molecule has 5 rings (SSSR count). The molecule has 212 valence electrons. The van der Waals surface area contributed by atoms with Gasteiger partial charge in [0.25, 0.3) is 10.7 Å². The molecule has 1 aliphatic rings. The summed E-state index contributed by atoms with van der Waals surface area (Å²) in [5.74, 6) is -2.53. The molecule has 1 N–H and O–H groups in total. The minimum Gasteiger partial charge on any atom is -0.507 e. The number of anilines is 1. The Balaban J connectivity index is 1.54. The van der Waals surface area contributed by atoms with Crippen LogP contribution in [-0.4, -0.2) is 46.9 Å². The molecule has 0 aliphatic carbocycles. The number of nitrogens with zero attached hydrogens (tertiary/aromatic N) is 3. The molecule has 1 atom stereocenters. The number of hydrogen-bond donors (Lipinski definition) is 1. The Kier molecular flexibility index (Phi) is 8.18.